The van der Waals surface area contributed by atoms with Gasteiger partial charge in [-0.15, -0.1) is 0 Å². The van der Waals surface area contributed by atoms with E-state index in [4.69, 9.17) is 5.73 Å². The first kappa shape index (κ1) is 12.8. The van der Waals surface area contributed by atoms with Crippen LogP contribution < -0.4 is 5.73 Å². The summed E-state index contributed by atoms with van der Waals surface area (Å²) in [6.07, 6.45) is -0.119. The van der Waals surface area contributed by atoms with Crippen LogP contribution in [0.15, 0.2) is 18.2 Å². The van der Waals surface area contributed by atoms with Crippen molar-refractivity contribution in [2.45, 2.75) is 26.3 Å². The van der Waals surface area contributed by atoms with E-state index in [9.17, 15) is 13.6 Å². The highest BCUT2D eigenvalue weighted by atomic mass is 19.1. The number of hydrogen-bond acceptors (Lipinski definition) is 2. The Bertz CT molecular complexity index is 391. The zero-order chi connectivity index (χ0) is 12.3. The van der Waals surface area contributed by atoms with Crippen LogP contribution in [0.4, 0.5) is 8.78 Å². The highest BCUT2D eigenvalue weighted by Gasteiger charge is 2.18. The molecule has 0 saturated carbocycles. The van der Waals surface area contributed by atoms with E-state index in [2.05, 4.69) is 0 Å². The van der Waals surface area contributed by atoms with Crippen LogP contribution in [0.1, 0.15) is 19.4 Å². The number of Topliss-reactive ketones (excluding diaryl/α,β-unsaturated/α-hetero) is 1. The second kappa shape index (κ2) is 5.16. The van der Waals surface area contributed by atoms with E-state index >= 15 is 0 Å². The molecular formula is C12H15F2NO. The molecule has 0 aromatic heterocycles. The summed E-state index contributed by atoms with van der Waals surface area (Å²) < 4.78 is 26.1. The number of rotatable bonds is 4. The van der Waals surface area contributed by atoms with Gasteiger partial charge in [-0.2, -0.15) is 0 Å². The maximum Gasteiger partial charge on any atom is 0.141 e. The van der Waals surface area contributed by atoms with Gasteiger partial charge in [-0.1, -0.05) is 6.92 Å². The number of benzene rings is 1. The second-order valence-electron chi connectivity index (χ2n) is 4.03. The Morgan fingerprint density at radius 3 is 2.56 bits per heavy atom. The number of nitrogens with two attached hydrogens (primary N) is 1. The smallest absolute Gasteiger partial charge is 0.141 e. The van der Waals surface area contributed by atoms with Crippen LogP contribution in [0, 0.1) is 17.6 Å². The Labute approximate surface area is 93.5 Å². The van der Waals surface area contributed by atoms with Crippen molar-refractivity contribution in [1.82, 2.24) is 0 Å². The van der Waals surface area contributed by atoms with E-state index in [0.717, 1.165) is 18.2 Å². The summed E-state index contributed by atoms with van der Waals surface area (Å²) in [5, 5.41) is 0. The van der Waals surface area contributed by atoms with Gasteiger partial charge in [-0.3, -0.25) is 4.79 Å². The van der Waals surface area contributed by atoms with Gasteiger partial charge >= 0.3 is 0 Å². The largest absolute Gasteiger partial charge is 0.327 e. The molecule has 0 aliphatic rings. The van der Waals surface area contributed by atoms with E-state index in [1.807, 2.05) is 0 Å². The van der Waals surface area contributed by atoms with Crippen LogP contribution in [0.2, 0.25) is 0 Å². The summed E-state index contributed by atoms with van der Waals surface area (Å²) in [5.74, 6) is -1.65. The van der Waals surface area contributed by atoms with Crippen LogP contribution in [-0.4, -0.2) is 11.8 Å². The van der Waals surface area contributed by atoms with Gasteiger partial charge in [0.05, 0.1) is 0 Å². The van der Waals surface area contributed by atoms with Gasteiger partial charge in [0, 0.05) is 18.4 Å². The number of hydrogen-bond donors (Lipinski definition) is 1. The average Bonchev–Trinajstić information content (AvgIpc) is 2.22. The number of halogens is 2. The molecule has 0 radical (unpaired) electrons. The van der Waals surface area contributed by atoms with Crippen molar-refractivity contribution in [2.24, 2.45) is 11.7 Å². The highest BCUT2D eigenvalue weighted by Crippen LogP contribution is 2.13. The molecule has 0 fully saturated rings. The van der Waals surface area contributed by atoms with Gasteiger partial charge in [-0.05, 0) is 30.7 Å². The number of carbonyl (C=O) groups excluding carboxylic acids is 1. The highest BCUT2D eigenvalue weighted by molar-refractivity contribution is 5.83. The molecule has 0 bridgehead atoms. The van der Waals surface area contributed by atoms with Crippen LogP contribution in [0.25, 0.3) is 0 Å². The normalized spacial score (nSPS) is 14.6. The summed E-state index contributed by atoms with van der Waals surface area (Å²) in [6.45, 7) is 3.40. The van der Waals surface area contributed by atoms with Crippen molar-refractivity contribution >= 4 is 5.78 Å². The standard InChI is InChI=1S/C12H15F2NO/c1-7(8(2)15)12(16)6-9-5-10(13)3-4-11(9)14/h3-5,7-8H,6,15H2,1-2H3. The minimum Gasteiger partial charge on any atom is -0.327 e. The molecule has 1 aromatic rings. The third kappa shape index (κ3) is 3.10. The monoisotopic (exact) mass is 227 g/mol. The zero-order valence-corrected chi connectivity index (χ0v) is 9.34. The predicted molar refractivity (Wildman–Crippen MR) is 57.9 cm³/mol. The summed E-state index contributed by atoms with van der Waals surface area (Å²) in [7, 11) is 0. The lowest BCUT2D eigenvalue weighted by molar-refractivity contribution is -0.122. The molecule has 88 valence electrons. The van der Waals surface area contributed by atoms with Crippen molar-refractivity contribution in [3.8, 4) is 0 Å². The second-order valence-corrected chi connectivity index (χ2v) is 4.03. The van der Waals surface area contributed by atoms with Crippen molar-refractivity contribution in [3.05, 3.63) is 35.4 Å². The third-order valence-corrected chi connectivity index (χ3v) is 2.67. The molecule has 2 nitrogen and oxygen atoms in total. The minimum atomic E-state index is -0.563. The molecule has 0 aliphatic heterocycles. The van der Waals surface area contributed by atoms with Crippen LogP contribution in [0.5, 0.6) is 0 Å². The molecule has 4 heteroatoms. The molecule has 0 aliphatic carbocycles. The lowest BCUT2D eigenvalue weighted by Crippen LogP contribution is -2.31. The van der Waals surface area contributed by atoms with Gasteiger partial charge in [0.15, 0.2) is 0 Å². The fourth-order valence-corrected chi connectivity index (χ4v) is 1.32. The number of carbonyl (C=O) groups is 1. The van der Waals surface area contributed by atoms with E-state index in [0.29, 0.717) is 0 Å². The van der Waals surface area contributed by atoms with E-state index in [1.165, 1.54) is 0 Å². The Morgan fingerprint density at radius 1 is 1.38 bits per heavy atom. The van der Waals surface area contributed by atoms with Crippen molar-refractivity contribution in [3.63, 3.8) is 0 Å². The van der Waals surface area contributed by atoms with Gasteiger partial charge in [-0.25, -0.2) is 8.78 Å². The van der Waals surface area contributed by atoms with Crippen molar-refractivity contribution in [2.75, 3.05) is 0 Å². The third-order valence-electron chi connectivity index (χ3n) is 2.67. The Balaban J connectivity index is 2.80. The van der Waals surface area contributed by atoms with E-state index in [-0.39, 0.29) is 29.7 Å². The van der Waals surface area contributed by atoms with Crippen molar-refractivity contribution in [1.29, 1.82) is 0 Å². The fourth-order valence-electron chi connectivity index (χ4n) is 1.32. The lowest BCUT2D eigenvalue weighted by Gasteiger charge is -2.14. The molecule has 0 saturated heterocycles. The zero-order valence-electron chi connectivity index (χ0n) is 9.34. The van der Waals surface area contributed by atoms with Crippen molar-refractivity contribution < 1.29 is 13.6 Å². The Kier molecular flexibility index (Phi) is 4.12. The Morgan fingerprint density at radius 2 is 2.00 bits per heavy atom. The molecule has 0 amide bonds. The molecule has 2 atom stereocenters. The van der Waals surface area contributed by atoms with Crippen LogP contribution in [0.3, 0.4) is 0 Å². The van der Waals surface area contributed by atoms with Gasteiger partial charge < -0.3 is 5.73 Å². The Hall–Kier alpha value is -1.29. The number of ketones is 1. The molecule has 0 heterocycles. The first-order chi connectivity index (χ1) is 7.41. The SMILES string of the molecule is CC(N)C(C)C(=O)Cc1cc(F)ccc1F. The minimum absolute atomic E-state index is 0.0810. The summed E-state index contributed by atoms with van der Waals surface area (Å²) in [4.78, 5) is 11.6. The lowest BCUT2D eigenvalue weighted by atomic mass is 9.94. The first-order valence-corrected chi connectivity index (χ1v) is 5.14. The van der Waals surface area contributed by atoms with Gasteiger partial charge in [0.1, 0.15) is 17.4 Å². The molecule has 1 aromatic carbocycles. The predicted octanol–water partition coefficient (Wildman–Crippen LogP) is 2.06. The topological polar surface area (TPSA) is 43.1 Å². The fraction of sp³-hybridized carbons (Fsp3) is 0.417. The summed E-state index contributed by atoms with van der Waals surface area (Å²) in [6, 6.07) is 2.80. The summed E-state index contributed by atoms with van der Waals surface area (Å²) >= 11 is 0. The molecule has 2 unspecified atom stereocenters. The quantitative estimate of drug-likeness (QED) is 0.855. The molecule has 1 rings (SSSR count). The first-order valence-electron chi connectivity index (χ1n) is 5.14. The molecule has 2 N–H and O–H groups in total. The maximum absolute atomic E-state index is 13.2. The van der Waals surface area contributed by atoms with E-state index in [1.54, 1.807) is 13.8 Å². The molecule has 16 heavy (non-hydrogen) atoms. The average molecular weight is 227 g/mol. The van der Waals surface area contributed by atoms with Gasteiger partial charge in [0.2, 0.25) is 0 Å². The maximum atomic E-state index is 13.2. The van der Waals surface area contributed by atoms with Gasteiger partial charge in [0.25, 0.3) is 0 Å². The molecule has 0 spiro atoms. The van der Waals surface area contributed by atoms with Crippen LogP contribution >= 0.6 is 0 Å². The van der Waals surface area contributed by atoms with E-state index < -0.39 is 11.6 Å². The van der Waals surface area contributed by atoms with Crippen LogP contribution in [-0.2, 0) is 11.2 Å². The summed E-state index contributed by atoms with van der Waals surface area (Å²) in [5.41, 5.74) is 5.65. The molecular weight excluding hydrogens is 212 g/mol.